The zero-order chi connectivity index (χ0) is 21.0. The molecule has 3 atom stereocenters. The van der Waals surface area contributed by atoms with Gasteiger partial charge in [-0.1, -0.05) is 0 Å². The standard InChI is InChI=1S/C16H23N3O2S.C2HF3O2/c20-16(19-4-1-2-5-19)14-11-21-10-12-7-18(8-13(12)14)9-15-17-3-6-22-15;3-2(4,5)1(6)7/h3,6,12-14H,1-2,4-5,7-11H2;(H,6,7)/t12-,13-,14-;/m1./s1. The minimum absolute atomic E-state index is 0.0677. The second-order valence-electron chi connectivity index (χ2n) is 7.52. The van der Waals surface area contributed by atoms with Crippen LogP contribution in [0.2, 0.25) is 0 Å². The van der Waals surface area contributed by atoms with Gasteiger partial charge in [-0.25, -0.2) is 9.78 Å². The van der Waals surface area contributed by atoms with Crippen molar-refractivity contribution in [3.05, 3.63) is 16.6 Å². The molecule has 3 aliphatic rings. The van der Waals surface area contributed by atoms with Crippen molar-refractivity contribution in [1.29, 1.82) is 0 Å². The van der Waals surface area contributed by atoms with Crippen LogP contribution in [0.3, 0.4) is 0 Å². The third-order valence-corrected chi connectivity index (χ3v) is 6.30. The molecule has 4 rings (SSSR count). The number of alkyl halides is 3. The number of carboxylic acids is 1. The molecular weight excluding hydrogens is 411 g/mol. The monoisotopic (exact) mass is 435 g/mol. The van der Waals surface area contributed by atoms with E-state index >= 15 is 0 Å². The highest BCUT2D eigenvalue weighted by molar-refractivity contribution is 7.09. The van der Waals surface area contributed by atoms with Gasteiger partial charge in [0.05, 0.1) is 25.7 Å². The molecule has 4 heterocycles. The van der Waals surface area contributed by atoms with Crippen LogP contribution < -0.4 is 0 Å². The molecule has 0 bridgehead atoms. The number of amides is 1. The number of likely N-dealkylation sites (tertiary alicyclic amines) is 2. The van der Waals surface area contributed by atoms with Crippen LogP contribution in [0.15, 0.2) is 11.6 Å². The van der Waals surface area contributed by atoms with E-state index in [-0.39, 0.29) is 5.92 Å². The summed E-state index contributed by atoms with van der Waals surface area (Å²) in [4.78, 5) is 30.6. The average Bonchev–Trinajstić information content (AvgIpc) is 3.42. The first-order valence-corrected chi connectivity index (χ1v) is 10.4. The highest BCUT2D eigenvalue weighted by atomic mass is 32.1. The topological polar surface area (TPSA) is 83.0 Å². The number of rotatable bonds is 3. The van der Waals surface area contributed by atoms with Crippen molar-refractivity contribution in [1.82, 2.24) is 14.8 Å². The van der Waals surface area contributed by atoms with Gasteiger partial charge >= 0.3 is 12.1 Å². The maximum atomic E-state index is 12.8. The molecule has 1 N–H and O–H groups in total. The van der Waals surface area contributed by atoms with Crippen molar-refractivity contribution in [2.45, 2.75) is 25.6 Å². The lowest BCUT2D eigenvalue weighted by atomic mass is 9.82. The first kappa shape index (κ1) is 22.0. The van der Waals surface area contributed by atoms with E-state index in [1.165, 1.54) is 5.01 Å². The molecule has 3 saturated heterocycles. The summed E-state index contributed by atoms with van der Waals surface area (Å²) in [5, 5.41) is 10.3. The Bertz CT molecular complexity index is 695. The minimum atomic E-state index is -5.08. The van der Waals surface area contributed by atoms with Crippen molar-refractivity contribution in [3.8, 4) is 0 Å². The Morgan fingerprint density at radius 2 is 1.93 bits per heavy atom. The molecule has 0 saturated carbocycles. The lowest BCUT2D eigenvalue weighted by molar-refractivity contribution is -0.192. The van der Waals surface area contributed by atoms with Crippen molar-refractivity contribution in [2.75, 3.05) is 39.4 Å². The second kappa shape index (κ2) is 9.40. The molecule has 1 amide bonds. The largest absolute Gasteiger partial charge is 0.490 e. The molecule has 0 spiro atoms. The summed E-state index contributed by atoms with van der Waals surface area (Å²) in [6, 6.07) is 0. The zero-order valence-electron chi connectivity index (χ0n) is 15.8. The fourth-order valence-corrected chi connectivity index (χ4v) is 4.83. The van der Waals surface area contributed by atoms with Crippen LogP contribution in [-0.2, 0) is 20.9 Å². The summed E-state index contributed by atoms with van der Waals surface area (Å²) in [5.74, 6) is -1.39. The predicted molar refractivity (Wildman–Crippen MR) is 98.2 cm³/mol. The first-order chi connectivity index (χ1) is 13.8. The maximum absolute atomic E-state index is 12.8. The Labute approximate surface area is 170 Å². The Morgan fingerprint density at radius 3 is 2.52 bits per heavy atom. The minimum Gasteiger partial charge on any atom is -0.475 e. The van der Waals surface area contributed by atoms with Crippen LogP contribution in [0.25, 0.3) is 0 Å². The highest BCUT2D eigenvalue weighted by Gasteiger charge is 2.45. The van der Waals surface area contributed by atoms with Crippen molar-refractivity contribution in [3.63, 3.8) is 0 Å². The summed E-state index contributed by atoms with van der Waals surface area (Å²) in [6.45, 7) is 6.26. The molecule has 1 aromatic rings. The third-order valence-electron chi connectivity index (χ3n) is 5.53. The molecule has 11 heteroatoms. The second-order valence-corrected chi connectivity index (χ2v) is 8.50. The summed E-state index contributed by atoms with van der Waals surface area (Å²) < 4.78 is 37.5. The molecule has 0 aliphatic carbocycles. The van der Waals surface area contributed by atoms with Crippen LogP contribution in [0.5, 0.6) is 0 Å². The summed E-state index contributed by atoms with van der Waals surface area (Å²) in [5.41, 5.74) is 0. The number of nitrogens with zero attached hydrogens (tertiary/aromatic N) is 3. The third kappa shape index (κ3) is 5.67. The molecule has 7 nitrogen and oxygen atoms in total. The number of aromatic nitrogens is 1. The van der Waals surface area contributed by atoms with Gasteiger partial charge in [-0.2, -0.15) is 13.2 Å². The molecule has 0 unspecified atom stereocenters. The first-order valence-electron chi connectivity index (χ1n) is 9.53. The summed E-state index contributed by atoms with van der Waals surface area (Å²) >= 11 is 1.71. The van der Waals surface area contributed by atoms with E-state index in [2.05, 4.69) is 14.8 Å². The van der Waals surface area contributed by atoms with E-state index in [0.29, 0.717) is 24.3 Å². The molecular formula is C18H24F3N3O4S. The summed E-state index contributed by atoms with van der Waals surface area (Å²) in [6.07, 6.45) is -0.904. The van der Waals surface area contributed by atoms with E-state index in [1.54, 1.807) is 11.3 Å². The fourth-order valence-electron chi connectivity index (χ4n) is 4.17. The van der Waals surface area contributed by atoms with Crippen LogP contribution in [0.1, 0.15) is 17.8 Å². The Hall–Kier alpha value is -1.72. The molecule has 3 fully saturated rings. The zero-order valence-corrected chi connectivity index (χ0v) is 16.6. The van der Waals surface area contributed by atoms with Crippen molar-refractivity contribution >= 4 is 23.2 Å². The number of carbonyl (C=O) groups excluding carboxylic acids is 1. The molecule has 3 aliphatic heterocycles. The van der Waals surface area contributed by atoms with Gasteiger partial charge in [0, 0.05) is 37.8 Å². The highest BCUT2D eigenvalue weighted by Crippen LogP contribution is 2.36. The quantitative estimate of drug-likeness (QED) is 0.783. The van der Waals surface area contributed by atoms with E-state index in [4.69, 9.17) is 14.6 Å². The van der Waals surface area contributed by atoms with Gasteiger partial charge in [0.25, 0.3) is 0 Å². The molecule has 0 aromatic carbocycles. The van der Waals surface area contributed by atoms with E-state index in [1.807, 2.05) is 11.6 Å². The SMILES string of the molecule is O=C(O)C(F)(F)F.O=C([C@@H]1COC[C@H]2CN(Cc3nccs3)C[C@H]21)N1CCCC1. The van der Waals surface area contributed by atoms with Crippen molar-refractivity contribution < 1.29 is 32.6 Å². The Balaban J connectivity index is 0.000000298. The molecule has 0 radical (unpaired) electrons. The van der Waals surface area contributed by atoms with Gasteiger partial charge in [-0.15, -0.1) is 11.3 Å². The number of fused-ring (bicyclic) bond motifs is 1. The normalized spacial score (nSPS) is 27.3. The fraction of sp³-hybridized carbons (Fsp3) is 0.722. The molecule has 162 valence electrons. The van der Waals surface area contributed by atoms with Gasteiger partial charge in [0.15, 0.2) is 0 Å². The number of thiazole rings is 1. The predicted octanol–water partition coefficient (Wildman–Crippen LogP) is 2.09. The van der Waals surface area contributed by atoms with Gasteiger partial charge in [-0.05, 0) is 24.7 Å². The van der Waals surface area contributed by atoms with Gasteiger partial charge in [-0.3, -0.25) is 9.69 Å². The number of hydrogen-bond donors (Lipinski definition) is 1. The molecule has 1 aromatic heterocycles. The van der Waals surface area contributed by atoms with Crippen LogP contribution in [-0.4, -0.2) is 77.3 Å². The van der Waals surface area contributed by atoms with Gasteiger partial charge in [0.1, 0.15) is 5.01 Å². The van der Waals surface area contributed by atoms with Crippen LogP contribution in [0, 0.1) is 17.8 Å². The van der Waals surface area contributed by atoms with Gasteiger partial charge in [0.2, 0.25) is 5.91 Å². The number of hydrogen-bond acceptors (Lipinski definition) is 6. The lowest BCUT2D eigenvalue weighted by Gasteiger charge is -2.34. The average molecular weight is 435 g/mol. The number of aliphatic carboxylic acids is 1. The van der Waals surface area contributed by atoms with E-state index in [0.717, 1.165) is 52.2 Å². The smallest absolute Gasteiger partial charge is 0.475 e. The Morgan fingerprint density at radius 1 is 1.24 bits per heavy atom. The Kier molecular flexibility index (Phi) is 7.12. The number of carboxylic acid groups (broad SMARTS) is 1. The van der Waals surface area contributed by atoms with Crippen LogP contribution in [0.4, 0.5) is 13.2 Å². The van der Waals surface area contributed by atoms with Crippen LogP contribution >= 0.6 is 11.3 Å². The van der Waals surface area contributed by atoms with E-state index < -0.39 is 12.1 Å². The van der Waals surface area contributed by atoms with Crippen molar-refractivity contribution in [2.24, 2.45) is 17.8 Å². The number of halogens is 3. The van der Waals surface area contributed by atoms with E-state index in [9.17, 15) is 18.0 Å². The van der Waals surface area contributed by atoms with Gasteiger partial charge < -0.3 is 14.7 Å². The lowest BCUT2D eigenvalue weighted by Crippen LogP contribution is -2.45. The maximum Gasteiger partial charge on any atom is 0.490 e. The summed E-state index contributed by atoms with van der Waals surface area (Å²) in [7, 11) is 0. The molecule has 29 heavy (non-hydrogen) atoms. The number of ether oxygens (including phenoxy) is 1. The number of carbonyl (C=O) groups is 2.